The molecule has 0 bridgehead atoms. The SMILES string of the molecule is COC(=O)c1ccc2c(=O)[nH]c(-c3ccc(C(C)(C)C)cc3)nc2c1. The molecule has 1 aromatic heterocycles. The Bertz CT molecular complexity index is 996. The van der Waals surface area contributed by atoms with Gasteiger partial charge in [0.15, 0.2) is 0 Å². The molecule has 0 aliphatic carbocycles. The maximum absolute atomic E-state index is 12.3. The maximum Gasteiger partial charge on any atom is 0.337 e. The Morgan fingerprint density at radius 3 is 2.36 bits per heavy atom. The van der Waals surface area contributed by atoms with Crippen molar-refractivity contribution in [2.24, 2.45) is 0 Å². The Kier molecular flexibility index (Phi) is 4.17. The maximum atomic E-state index is 12.3. The normalized spacial score (nSPS) is 11.5. The standard InChI is InChI=1S/C20H20N2O3/c1-20(2,3)14-8-5-12(6-9-14)17-21-16-11-13(19(24)25-4)7-10-15(16)18(23)22-17/h5-11H,1-4H3,(H,21,22,23). The summed E-state index contributed by atoms with van der Waals surface area (Å²) < 4.78 is 4.72. The van der Waals surface area contributed by atoms with E-state index in [1.54, 1.807) is 18.2 Å². The summed E-state index contributed by atoms with van der Waals surface area (Å²) in [6.07, 6.45) is 0. The molecule has 0 atom stereocenters. The lowest BCUT2D eigenvalue weighted by Gasteiger charge is -2.19. The lowest BCUT2D eigenvalue weighted by molar-refractivity contribution is 0.0601. The summed E-state index contributed by atoms with van der Waals surface area (Å²) in [7, 11) is 1.32. The lowest BCUT2D eigenvalue weighted by Crippen LogP contribution is -2.12. The van der Waals surface area contributed by atoms with Gasteiger partial charge in [0, 0.05) is 5.56 Å². The van der Waals surface area contributed by atoms with E-state index in [4.69, 9.17) is 4.74 Å². The third kappa shape index (κ3) is 3.31. The number of methoxy groups -OCH3 is 1. The van der Waals surface area contributed by atoms with E-state index in [0.29, 0.717) is 22.3 Å². The molecule has 0 saturated heterocycles. The van der Waals surface area contributed by atoms with E-state index in [0.717, 1.165) is 5.56 Å². The van der Waals surface area contributed by atoms with Gasteiger partial charge in [0.05, 0.1) is 23.6 Å². The van der Waals surface area contributed by atoms with Gasteiger partial charge in [-0.1, -0.05) is 45.0 Å². The molecule has 128 valence electrons. The van der Waals surface area contributed by atoms with Gasteiger partial charge >= 0.3 is 5.97 Å². The van der Waals surface area contributed by atoms with Crippen LogP contribution in [0.1, 0.15) is 36.7 Å². The number of hydrogen-bond acceptors (Lipinski definition) is 4. The van der Waals surface area contributed by atoms with Crippen LogP contribution in [0.5, 0.6) is 0 Å². The number of carbonyl (C=O) groups is 1. The zero-order valence-corrected chi connectivity index (χ0v) is 14.7. The minimum atomic E-state index is -0.458. The summed E-state index contributed by atoms with van der Waals surface area (Å²) in [5.41, 5.74) is 2.65. The highest BCUT2D eigenvalue weighted by Gasteiger charge is 2.14. The van der Waals surface area contributed by atoms with Crippen molar-refractivity contribution in [3.05, 3.63) is 63.9 Å². The van der Waals surface area contributed by atoms with Gasteiger partial charge in [-0.3, -0.25) is 4.79 Å². The van der Waals surface area contributed by atoms with Crippen LogP contribution in [0.4, 0.5) is 0 Å². The Hall–Kier alpha value is -2.95. The molecule has 1 N–H and O–H groups in total. The molecule has 1 heterocycles. The third-order valence-electron chi connectivity index (χ3n) is 4.15. The molecule has 25 heavy (non-hydrogen) atoms. The number of fused-ring (bicyclic) bond motifs is 1. The fourth-order valence-electron chi connectivity index (χ4n) is 2.65. The Morgan fingerprint density at radius 2 is 1.76 bits per heavy atom. The molecule has 5 heteroatoms. The second-order valence-electron chi connectivity index (χ2n) is 6.97. The second kappa shape index (κ2) is 6.16. The van der Waals surface area contributed by atoms with Crippen LogP contribution in [0.25, 0.3) is 22.3 Å². The zero-order valence-electron chi connectivity index (χ0n) is 14.7. The molecule has 0 spiro atoms. The highest BCUT2D eigenvalue weighted by molar-refractivity contribution is 5.94. The number of esters is 1. The molecular formula is C20H20N2O3. The molecule has 0 amide bonds. The minimum Gasteiger partial charge on any atom is -0.465 e. The van der Waals surface area contributed by atoms with Crippen LogP contribution in [0.3, 0.4) is 0 Å². The lowest BCUT2D eigenvalue weighted by atomic mass is 9.87. The van der Waals surface area contributed by atoms with E-state index in [9.17, 15) is 9.59 Å². The number of H-pyrrole nitrogens is 1. The molecule has 3 aromatic rings. The van der Waals surface area contributed by atoms with Crippen molar-refractivity contribution in [1.82, 2.24) is 9.97 Å². The molecule has 0 fully saturated rings. The molecular weight excluding hydrogens is 316 g/mol. The van der Waals surface area contributed by atoms with Crippen LogP contribution in [-0.2, 0) is 10.2 Å². The van der Waals surface area contributed by atoms with Gasteiger partial charge in [0.25, 0.3) is 5.56 Å². The number of aromatic amines is 1. The van der Waals surface area contributed by atoms with E-state index in [1.807, 2.05) is 24.3 Å². The van der Waals surface area contributed by atoms with Gasteiger partial charge in [0.1, 0.15) is 5.82 Å². The first kappa shape index (κ1) is 16.9. The van der Waals surface area contributed by atoms with Gasteiger partial charge in [-0.05, 0) is 29.2 Å². The van der Waals surface area contributed by atoms with E-state index in [-0.39, 0.29) is 11.0 Å². The Balaban J connectivity index is 2.10. The number of rotatable bonds is 2. The summed E-state index contributed by atoms with van der Waals surface area (Å²) in [5.74, 6) is 0.0139. The number of nitrogens with zero attached hydrogens (tertiary/aromatic N) is 1. The number of benzene rings is 2. The second-order valence-corrected chi connectivity index (χ2v) is 6.97. The summed E-state index contributed by atoms with van der Waals surface area (Å²) >= 11 is 0. The first-order valence-corrected chi connectivity index (χ1v) is 8.03. The fraction of sp³-hybridized carbons (Fsp3) is 0.250. The third-order valence-corrected chi connectivity index (χ3v) is 4.15. The van der Waals surface area contributed by atoms with Crippen molar-refractivity contribution in [3.63, 3.8) is 0 Å². The van der Waals surface area contributed by atoms with Crippen LogP contribution in [-0.4, -0.2) is 23.0 Å². The van der Waals surface area contributed by atoms with Crippen LogP contribution in [0.15, 0.2) is 47.3 Å². The molecule has 5 nitrogen and oxygen atoms in total. The van der Waals surface area contributed by atoms with Crippen molar-refractivity contribution in [1.29, 1.82) is 0 Å². The molecule has 0 unspecified atom stereocenters. The summed E-state index contributed by atoms with van der Waals surface area (Å²) in [4.78, 5) is 31.3. The Labute approximate surface area is 145 Å². The average molecular weight is 336 g/mol. The van der Waals surface area contributed by atoms with E-state index < -0.39 is 5.97 Å². The van der Waals surface area contributed by atoms with Crippen LogP contribution < -0.4 is 5.56 Å². The van der Waals surface area contributed by atoms with E-state index >= 15 is 0 Å². The minimum absolute atomic E-state index is 0.0537. The first-order valence-electron chi connectivity index (χ1n) is 8.03. The van der Waals surface area contributed by atoms with Crippen LogP contribution in [0.2, 0.25) is 0 Å². The van der Waals surface area contributed by atoms with Gasteiger partial charge in [-0.25, -0.2) is 9.78 Å². The van der Waals surface area contributed by atoms with Crippen molar-refractivity contribution in [3.8, 4) is 11.4 Å². The van der Waals surface area contributed by atoms with Crippen molar-refractivity contribution in [2.75, 3.05) is 7.11 Å². The number of carbonyl (C=O) groups excluding carboxylic acids is 1. The van der Waals surface area contributed by atoms with Gasteiger partial charge in [0.2, 0.25) is 0 Å². The highest BCUT2D eigenvalue weighted by atomic mass is 16.5. The number of nitrogens with one attached hydrogen (secondary N) is 1. The molecule has 0 aliphatic rings. The molecule has 0 aliphatic heterocycles. The van der Waals surface area contributed by atoms with E-state index in [1.165, 1.54) is 12.7 Å². The molecule has 0 saturated carbocycles. The topological polar surface area (TPSA) is 72.1 Å². The predicted molar refractivity (Wildman–Crippen MR) is 97.8 cm³/mol. The van der Waals surface area contributed by atoms with Crippen molar-refractivity contribution >= 4 is 16.9 Å². The van der Waals surface area contributed by atoms with Gasteiger partial charge in [-0.2, -0.15) is 0 Å². The largest absolute Gasteiger partial charge is 0.465 e. The van der Waals surface area contributed by atoms with Gasteiger partial charge in [-0.15, -0.1) is 0 Å². The predicted octanol–water partition coefficient (Wildman–Crippen LogP) is 3.67. The van der Waals surface area contributed by atoms with Gasteiger partial charge < -0.3 is 9.72 Å². The average Bonchev–Trinajstić information content (AvgIpc) is 2.59. The summed E-state index contributed by atoms with van der Waals surface area (Å²) in [6.45, 7) is 6.44. The first-order chi connectivity index (χ1) is 11.8. The van der Waals surface area contributed by atoms with Crippen molar-refractivity contribution < 1.29 is 9.53 Å². The monoisotopic (exact) mass is 336 g/mol. The van der Waals surface area contributed by atoms with Crippen LogP contribution >= 0.6 is 0 Å². The highest BCUT2D eigenvalue weighted by Crippen LogP contribution is 2.25. The molecule has 0 radical (unpaired) electrons. The molecule has 3 rings (SSSR count). The number of aromatic nitrogens is 2. The zero-order chi connectivity index (χ0) is 18.2. The number of hydrogen-bond donors (Lipinski definition) is 1. The summed E-state index contributed by atoms with van der Waals surface area (Å²) in [5, 5.41) is 0.433. The van der Waals surface area contributed by atoms with Crippen LogP contribution in [0, 0.1) is 0 Å². The fourth-order valence-corrected chi connectivity index (χ4v) is 2.65. The molecule has 2 aromatic carbocycles. The summed E-state index contributed by atoms with van der Waals surface area (Å²) in [6, 6.07) is 12.7. The van der Waals surface area contributed by atoms with E-state index in [2.05, 4.69) is 30.7 Å². The Morgan fingerprint density at radius 1 is 1.08 bits per heavy atom. The number of ether oxygens (including phenoxy) is 1. The van der Waals surface area contributed by atoms with Crippen molar-refractivity contribution in [2.45, 2.75) is 26.2 Å². The quantitative estimate of drug-likeness (QED) is 0.725. The smallest absolute Gasteiger partial charge is 0.337 e.